The smallest absolute Gasteiger partial charge is 0.387 e. The van der Waals surface area contributed by atoms with Gasteiger partial charge in [-0.2, -0.15) is 20.5 Å². The van der Waals surface area contributed by atoms with Gasteiger partial charge in [-0.3, -0.25) is 4.79 Å². The molecule has 0 saturated carbocycles. The van der Waals surface area contributed by atoms with E-state index in [0.717, 1.165) is 18.1 Å². The molecule has 1 aromatic carbocycles. The number of carbonyl (C=O) groups excluding carboxylic acids is 1. The highest BCUT2D eigenvalue weighted by Crippen LogP contribution is 2.18. The van der Waals surface area contributed by atoms with Gasteiger partial charge in [0.1, 0.15) is 5.75 Å². The Bertz CT molecular complexity index is 437. The molecule has 4 nitrogen and oxygen atoms in total. The Balaban J connectivity index is 1.81. The molecule has 0 spiro atoms. The van der Waals surface area contributed by atoms with Crippen molar-refractivity contribution in [1.82, 2.24) is 5.32 Å². The van der Waals surface area contributed by atoms with Crippen LogP contribution in [0.15, 0.2) is 24.3 Å². The fraction of sp³-hybridized carbons (Fsp3) is 0.462. The van der Waals surface area contributed by atoms with E-state index >= 15 is 0 Å². The van der Waals surface area contributed by atoms with Crippen molar-refractivity contribution in [2.24, 2.45) is 0 Å². The molecule has 1 unspecified atom stereocenters. The molecule has 1 aliphatic rings. The van der Waals surface area contributed by atoms with Gasteiger partial charge < -0.3 is 15.4 Å². The Labute approximate surface area is 120 Å². The second-order valence-electron chi connectivity index (χ2n) is 4.38. The standard InChI is InChI=1S/C13H16F2N2O2S/c14-13(15)19-11-3-1-9(2-4-11)17-12(18)7-10-8-20-6-5-16-10/h1-4,10,13,16H,5-8H2,(H,17,18). The summed E-state index contributed by atoms with van der Waals surface area (Å²) >= 11 is 1.83. The number of nitrogens with one attached hydrogen (secondary N) is 2. The third-order valence-corrected chi connectivity index (χ3v) is 3.92. The summed E-state index contributed by atoms with van der Waals surface area (Å²) < 4.78 is 28.2. The predicted octanol–water partition coefficient (Wildman–Crippen LogP) is 2.32. The third-order valence-electron chi connectivity index (χ3n) is 2.79. The van der Waals surface area contributed by atoms with Crippen LogP contribution in [-0.2, 0) is 4.79 Å². The number of halogens is 2. The maximum atomic E-state index is 12.0. The Hall–Kier alpha value is -1.34. The van der Waals surface area contributed by atoms with E-state index in [1.54, 1.807) is 12.1 Å². The zero-order valence-electron chi connectivity index (χ0n) is 10.8. The third kappa shape index (κ3) is 4.97. The number of thioether (sulfide) groups is 1. The highest BCUT2D eigenvalue weighted by molar-refractivity contribution is 7.99. The Morgan fingerprint density at radius 3 is 2.80 bits per heavy atom. The number of hydrogen-bond acceptors (Lipinski definition) is 4. The van der Waals surface area contributed by atoms with E-state index in [2.05, 4.69) is 15.4 Å². The summed E-state index contributed by atoms with van der Waals surface area (Å²) in [7, 11) is 0. The van der Waals surface area contributed by atoms with Crippen LogP contribution >= 0.6 is 11.8 Å². The molecule has 7 heteroatoms. The average molecular weight is 302 g/mol. The first-order valence-corrected chi connectivity index (χ1v) is 7.45. The molecule has 1 atom stereocenters. The van der Waals surface area contributed by atoms with Crippen molar-refractivity contribution in [2.75, 3.05) is 23.4 Å². The Morgan fingerprint density at radius 2 is 2.20 bits per heavy atom. The summed E-state index contributed by atoms with van der Waals surface area (Å²) in [6.07, 6.45) is 0.405. The van der Waals surface area contributed by atoms with Gasteiger partial charge in [-0.25, -0.2) is 0 Å². The van der Waals surface area contributed by atoms with Crippen molar-refractivity contribution in [3.8, 4) is 5.75 Å². The molecule has 1 heterocycles. The SMILES string of the molecule is O=C(CC1CSCCN1)Nc1ccc(OC(F)F)cc1. The lowest BCUT2D eigenvalue weighted by molar-refractivity contribution is -0.116. The Morgan fingerprint density at radius 1 is 1.45 bits per heavy atom. The summed E-state index contributed by atoms with van der Waals surface area (Å²) in [6, 6.07) is 6.07. The molecule has 2 rings (SSSR count). The van der Waals surface area contributed by atoms with E-state index in [1.807, 2.05) is 11.8 Å². The molecule has 1 fully saturated rings. The molecule has 2 N–H and O–H groups in total. The van der Waals surface area contributed by atoms with Gasteiger partial charge in [0.15, 0.2) is 0 Å². The van der Waals surface area contributed by atoms with Gasteiger partial charge >= 0.3 is 6.61 Å². The molecule has 1 amide bonds. The molecular formula is C13H16F2N2O2S. The lowest BCUT2D eigenvalue weighted by Crippen LogP contribution is -2.39. The lowest BCUT2D eigenvalue weighted by atomic mass is 10.2. The van der Waals surface area contributed by atoms with Crippen molar-refractivity contribution in [1.29, 1.82) is 0 Å². The van der Waals surface area contributed by atoms with Crippen LogP contribution in [0.3, 0.4) is 0 Å². The fourth-order valence-corrected chi connectivity index (χ4v) is 2.86. The molecule has 110 valence electrons. The minimum atomic E-state index is -2.84. The van der Waals surface area contributed by atoms with Crippen LogP contribution in [0.25, 0.3) is 0 Å². The van der Waals surface area contributed by atoms with E-state index in [1.165, 1.54) is 12.1 Å². The fourth-order valence-electron chi connectivity index (χ4n) is 1.91. The predicted molar refractivity (Wildman–Crippen MR) is 75.4 cm³/mol. The zero-order valence-corrected chi connectivity index (χ0v) is 11.6. The van der Waals surface area contributed by atoms with E-state index in [0.29, 0.717) is 12.1 Å². The van der Waals surface area contributed by atoms with Gasteiger partial charge in [-0.15, -0.1) is 0 Å². The van der Waals surface area contributed by atoms with Crippen molar-refractivity contribution in [3.63, 3.8) is 0 Å². The number of benzene rings is 1. The van der Waals surface area contributed by atoms with Crippen LogP contribution in [0.1, 0.15) is 6.42 Å². The highest BCUT2D eigenvalue weighted by atomic mass is 32.2. The summed E-state index contributed by atoms with van der Waals surface area (Å²) in [6.45, 7) is -1.92. The molecule has 0 bridgehead atoms. The van der Waals surface area contributed by atoms with Crippen molar-refractivity contribution in [3.05, 3.63) is 24.3 Å². The lowest BCUT2D eigenvalue weighted by Gasteiger charge is -2.22. The van der Waals surface area contributed by atoms with Crippen LogP contribution in [0.4, 0.5) is 14.5 Å². The number of anilines is 1. The van der Waals surface area contributed by atoms with E-state index in [4.69, 9.17) is 0 Å². The van der Waals surface area contributed by atoms with Crippen LogP contribution < -0.4 is 15.4 Å². The molecule has 1 aliphatic heterocycles. The van der Waals surface area contributed by atoms with Crippen LogP contribution in [0.5, 0.6) is 5.75 Å². The first-order chi connectivity index (χ1) is 9.63. The van der Waals surface area contributed by atoms with Gasteiger partial charge in [-0.1, -0.05) is 0 Å². The molecule has 0 aliphatic carbocycles. The minimum Gasteiger partial charge on any atom is -0.435 e. The second-order valence-corrected chi connectivity index (χ2v) is 5.53. The van der Waals surface area contributed by atoms with E-state index in [-0.39, 0.29) is 17.7 Å². The molecular weight excluding hydrogens is 286 g/mol. The molecule has 1 saturated heterocycles. The second kappa shape index (κ2) is 7.44. The van der Waals surface area contributed by atoms with Gasteiger partial charge in [-0.05, 0) is 24.3 Å². The highest BCUT2D eigenvalue weighted by Gasteiger charge is 2.16. The van der Waals surface area contributed by atoms with Gasteiger partial charge in [0.05, 0.1) is 0 Å². The van der Waals surface area contributed by atoms with Crippen molar-refractivity contribution >= 4 is 23.4 Å². The van der Waals surface area contributed by atoms with Crippen LogP contribution in [0, 0.1) is 0 Å². The Kier molecular flexibility index (Phi) is 5.60. The topological polar surface area (TPSA) is 50.4 Å². The summed E-state index contributed by atoms with van der Waals surface area (Å²) in [4.78, 5) is 11.8. The van der Waals surface area contributed by atoms with E-state index < -0.39 is 6.61 Å². The first kappa shape index (κ1) is 15.1. The maximum absolute atomic E-state index is 12.0. The molecule has 20 heavy (non-hydrogen) atoms. The van der Waals surface area contributed by atoms with E-state index in [9.17, 15) is 13.6 Å². The minimum absolute atomic E-state index is 0.0725. The summed E-state index contributed by atoms with van der Waals surface area (Å²) in [5.74, 6) is 1.98. The molecule has 1 aromatic rings. The zero-order chi connectivity index (χ0) is 14.4. The van der Waals surface area contributed by atoms with Gasteiger partial charge in [0.25, 0.3) is 0 Å². The van der Waals surface area contributed by atoms with Gasteiger partial charge in [0.2, 0.25) is 5.91 Å². The number of ether oxygens (including phenoxy) is 1. The molecule has 0 radical (unpaired) electrons. The quantitative estimate of drug-likeness (QED) is 0.876. The van der Waals surface area contributed by atoms with Crippen LogP contribution in [0.2, 0.25) is 0 Å². The first-order valence-electron chi connectivity index (χ1n) is 6.29. The normalized spacial score (nSPS) is 18.9. The summed E-state index contributed by atoms with van der Waals surface area (Å²) in [5.41, 5.74) is 0.570. The number of hydrogen-bond donors (Lipinski definition) is 2. The van der Waals surface area contributed by atoms with Crippen molar-refractivity contribution < 1.29 is 18.3 Å². The van der Waals surface area contributed by atoms with Crippen molar-refractivity contribution in [2.45, 2.75) is 19.1 Å². The number of carbonyl (C=O) groups is 1. The largest absolute Gasteiger partial charge is 0.435 e. The monoisotopic (exact) mass is 302 g/mol. The average Bonchev–Trinajstić information content (AvgIpc) is 2.41. The number of amides is 1. The number of rotatable bonds is 5. The van der Waals surface area contributed by atoms with Gasteiger partial charge in [0, 0.05) is 36.2 Å². The summed E-state index contributed by atoms with van der Waals surface area (Å²) in [5, 5.41) is 6.02. The molecule has 0 aromatic heterocycles. The maximum Gasteiger partial charge on any atom is 0.387 e. The number of alkyl halides is 2. The van der Waals surface area contributed by atoms with Crippen LogP contribution in [-0.4, -0.2) is 36.6 Å².